The predicted molar refractivity (Wildman–Crippen MR) is 152 cm³/mol. The molecule has 1 aliphatic carbocycles. The largest absolute Gasteiger partial charge is 0.492 e. The molecule has 1 unspecified atom stereocenters. The highest BCUT2D eigenvalue weighted by atomic mass is 35.5. The van der Waals surface area contributed by atoms with E-state index in [0.717, 1.165) is 36.8 Å². The monoisotopic (exact) mass is 580 g/mol. The number of rotatable bonds is 16. The standard InChI is InChI=1S/C29H38Cl2N2O6/c1-2-38-27(28(34)35)18-21-8-10-26(11-9-21)39-15-13-33(29(36)32-25-6-3-4-7-25)12-5-14-37-20-22-16-23(30)19-24(31)17-22/h8-11,16-17,19,25,27H,2-7,12-15,18,20H2,1H3,(H,32,36)(H,34,35). The lowest BCUT2D eigenvalue weighted by Crippen LogP contribution is -2.46. The average Bonchev–Trinajstić information content (AvgIpc) is 3.40. The Morgan fingerprint density at radius 1 is 1.03 bits per heavy atom. The van der Waals surface area contributed by atoms with Gasteiger partial charge >= 0.3 is 12.0 Å². The molecule has 2 amide bonds. The van der Waals surface area contributed by atoms with Crippen LogP contribution in [0.4, 0.5) is 4.79 Å². The summed E-state index contributed by atoms with van der Waals surface area (Å²) in [6.45, 7) is 4.28. The third-order valence-electron chi connectivity index (χ3n) is 6.50. The Bertz CT molecular complexity index is 1030. The number of urea groups is 1. The van der Waals surface area contributed by atoms with Crippen LogP contribution >= 0.6 is 23.2 Å². The van der Waals surface area contributed by atoms with Crippen molar-refractivity contribution in [2.75, 3.05) is 32.9 Å². The maximum absolute atomic E-state index is 13.0. The molecule has 1 saturated carbocycles. The van der Waals surface area contributed by atoms with Crippen LogP contribution in [0.1, 0.15) is 50.2 Å². The summed E-state index contributed by atoms with van der Waals surface area (Å²) >= 11 is 12.1. The number of carboxylic acid groups (broad SMARTS) is 1. The van der Waals surface area contributed by atoms with Crippen molar-refractivity contribution < 1.29 is 28.9 Å². The molecule has 2 aromatic rings. The van der Waals surface area contributed by atoms with Crippen LogP contribution in [0.5, 0.6) is 5.75 Å². The lowest BCUT2D eigenvalue weighted by atomic mass is 10.1. The molecule has 39 heavy (non-hydrogen) atoms. The smallest absolute Gasteiger partial charge is 0.333 e. The Labute approximate surface area is 240 Å². The van der Waals surface area contributed by atoms with E-state index < -0.39 is 12.1 Å². The van der Waals surface area contributed by atoms with Gasteiger partial charge in [-0.1, -0.05) is 48.2 Å². The van der Waals surface area contributed by atoms with Crippen molar-refractivity contribution in [1.82, 2.24) is 10.2 Å². The SMILES string of the molecule is CCOC(Cc1ccc(OCCN(CCCOCc2cc(Cl)cc(Cl)c2)C(=O)NC2CCCC2)cc1)C(=O)O. The summed E-state index contributed by atoms with van der Waals surface area (Å²) in [6, 6.07) is 12.7. The number of ether oxygens (including phenoxy) is 3. The van der Waals surface area contributed by atoms with Gasteiger partial charge in [-0.15, -0.1) is 0 Å². The Balaban J connectivity index is 1.46. The number of benzene rings is 2. The maximum atomic E-state index is 13.0. The molecule has 1 aliphatic rings. The lowest BCUT2D eigenvalue weighted by molar-refractivity contribution is -0.149. The minimum atomic E-state index is -0.979. The van der Waals surface area contributed by atoms with Crippen molar-refractivity contribution in [2.45, 2.75) is 64.2 Å². The van der Waals surface area contributed by atoms with Crippen LogP contribution in [-0.4, -0.2) is 67.1 Å². The molecule has 1 atom stereocenters. The van der Waals surface area contributed by atoms with Crippen LogP contribution in [0.2, 0.25) is 10.0 Å². The van der Waals surface area contributed by atoms with Crippen molar-refractivity contribution in [3.05, 3.63) is 63.6 Å². The summed E-state index contributed by atoms with van der Waals surface area (Å²) in [5.74, 6) is -0.325. The highest BCUT2D eigenvalue weighted by Gasteiger charge is 2.21. The summed E-state index contributed by atoms with van der Waals surface area (Å²) in [5, 5.41) is 13.6. The first-order valence-electron chi connectivity index (χ1n) is 13.5. The zero-order chi connectivity index (χ0) is 28.0. The van der Waals surface area contributed by atoms with Gasteiger partial charge in [0.25, 0.3) is 0 Å². The number of hydrogen-bond acceptors (Lipinski definition) is 5. The third-order valence-corrected chi connectivity index (χ3v) is 6.93. The normalized spacial score (nSPS) is 14.2. The van der Waals surface area contributed by atoms with Crippen molar-refractivity contribution >= 4 is 35.2 Å². The summed E-state index contributed by atoms with van der Waals surface area (Å²) in [5.41, 5.74) is 1.75. The van der Waals surface area contributed by atoms with Gasteiger partial charge in [-0.2, -0.15) is 0 Å². The van der Waals surface area contributed by atoms with Gasteiger partial charge in [-0.25, -0.2) is 9.59 Å². The van der Waals surface area contributed by atoms with Gasteiger partial charge in [-0.05, 0) is 67.6 Å². The van der Waals surface area contributed by atoms with Crippen LogP contribution in [0, 0.1) is 0 Å². The number of carboxylic acids is 1. The molecule has 0 bridgehead atoms. The number of hydrogen-bond donors (Lipinski definition) is 2. The first kappa shape index (κ1) is 31.0. The molecule has 0 spiro atoms. The Morgan fingerprint density at radius 2 is 1.72 bits per heavy atom. The molecule has 0 radical (unpaired) electrons. The summed E-state index contributed by atoms with van der Waals surface area (Å²) in [6.07, 6.45) is 4.39. The van der Waals surface area contributed by atoms with Crippen LogP contribution in [0.3, 0.4) is 0 Å². The van der Waals surface area contributed by atoms with E-state index in [-0.39, 0.29) is 18.5 Å². The molecule has 3 rings (SSSR count). The quantitative estimate of drug-likeness (QED) is 0.237. The zero-order valence-electron chi connectivity index (χ0n) is 22.4. The van der Waals surface area contributed by atoms with Gasteiger partial charge in [0, 0.05) is 42.3 Å². The van der Waals surface area contributed by atoms with E-state index in [1.165, 1.54) is 0 Å². The molecule has 0 aliphatic heterocycles. The van der Waals surface area contributed by atoms with Crippen molar-refractivity contribution in [3.8, 4) is 5.75 Å². The Kier molecular flexibility index (Phi) is 13.2. The molecule has 1 fully saturated rings. The fourth-order valence-electron chi connectivity index (χ4n) is 4.52. The summed E-state index contributed by atoms with van der Waals surface area (Å²) in [7, 11) is 0. The number of nitrogens with one attached hydrogen (secondary N) is 1. The molecule has 214 valence electrons. The third kappa shape index (κ3) is 11.2. The maximum Gasteiger partial charge on any atom is 0.333 e. The van der Waals surface area contributed by atoms with Gasteiger partial charge in [0.05, 0.1) is 13.2 Å². The number of halogens is 2. The van der Waals surface area contributed by atoms with Gasteiger partial charge in [0.2, 0.25) is 0 Å². The van der Waals surface area contributed by atoms with Gasteiger partial charge < -0.3 is 29.5 Å². The minimum absolute atomic E-state index is 0.0851. The van der Waals surface area contributed by atoms with Crippen molar-refractivity contribution in [3.63, 3.8) is 0 Å². The molecule has 0 saturated heterocycles. The number of amides is 2. The lowest BCUT2D eigenvalue weighted by Gasteiger charge is -2.25. The summed E-state index contributed by atoms with van der Waals surface area (Å²) < 4.78 is 17.0. The molecule has 2 aromatic carbocycles. The average molecular weight is 582 g/mol. The van der Waals surface area contributed by atoms with Crippen molar-refractivity contribution in [2.24, 2.45) is 0 Å². The molecule has 10 heteroatoms. The van der Waals surface area contributed by atoms with E-state index in [0.29, 0.717) is 61.7 Å². The molecule has 0 heterocycles. The van der Waals surface area contributed by atoms with Crippen LogP contribution in [0.15, 0.2) is 42.5 Å². The second-order valence-electron chi connectivity index (χ2n) is 9.58. The van der Waals surface area contributed by atoms with Crippen LogP contribution in [-0.2, 0) is 27.3 Å². The van der Waals surface area contributed by atoms with E-state index in [2.05, 4.69) is 5.32 Å². The highest BCUT2D eigenvalue weighted by molar-refractivity contribution is 6.34. The van der Waals surface area contributed by atoms with Gasteiger partial charge in [0.1, 0.15) is 12.4 Å². The highest BCUT2D eigenvalue weighted by Crippen LogP contribution is 2.20. The molecular weight excluding hydrogens is 543 g/mol. The number of nitrogens with zero attached hydrogens (tertiary/aromatic N) is 1. The topological polar surface area (TPSA) is 97.3 Å². The molecular formula is C29H38Cl2N2O6. The predicted octanol–water partition coefficient (Wildman–Crippen LogP) is 5.97. The van der Waals surface area contributed by atoms with E-state index in [1.807, 2.05) is 24.3 Å². The number of carbonyl (C=O) groups is 2. The zero-order valence-corrected chi connectivity index (χ0v) is 23.9. The van der Waals surface area contributed by atoms with Crippen LogP contribution < -0.4 is 10.1 Å². The molecule has 2 N–H and O–H groups in total. The minimum Gasteiger partial charge on any atom is -0.492 e. The Hall–Kier alpha value is -2.52. The molecule has 0 aromatic heterocycles. The van der Waals surface area contributed by atoms with Crippen molar-refractivity contribution in [1.29, 1.82) is 0 Å². The second-order valence-corrected chi connectivity index (χ2v) is 10.5. The first-order chi connectivity index (χ1) is 18.8. The number of aliphatic carboxylic acids is 1. The van der Waals surface area contributed by atoms with E-state index >= 15 is 0 Å². The van der Waals surface area contributed by atoms with E-state index in [1.54, 1.807) is 30.0 Å². The molecule has 8 nitrogen and oxygen atoms in total. The summed E-state index contributed by atoms with van der Waals surface area (Å²) in [4.78, 5) is 26.1. The first-order valence-corrected chi connectivity index (χ1v) is 14.2. The van der Waals surface area contributed by atoms with E-state index in [4.69, 9.17) is 37.4 Å². The fraction of sp³-hybridized carbons (Fsp3) is 0.517. The number of carbonyl (C=O) groups excluding carboxylic acids is 1. The van der Waals surface area contributed by atoms with Gasteiger partial charge in [0.15, 0.2) is 6.10 Å². The van der Waals surface area contributed by atoms with E-state index in [9.17, 15) is 14.7 Å². The Morgan fingerprint density at radius 3 is 2.36 bits per heavy atom. The van der Waals surface area contributed by atoms with Crippen LogP contribution in [0.25, 0.3) is 0 Å². The fourth-order valence-corrected chi connectivity index (χ4v) is 5.09. The van der Waals surface area contributed by atoms with Gasteiger partial charge in [-0.3, -0.25) is 0 Å². The second kappa shape index (κ2) is 16.6.